The monoisotopic (exact) mass is 497 g/mol. The molecule has 1 saturated heterocycles. The van der Waals surface area contributed by atoms with E-state index >= 15 is 0 Å². The highest BCUT2D eigenvalue weighted by Gasteiger charge is 2.28. The number of amides is 1. The first-order valence-corrected chi connectivity index (χ1v) is 13.1. The van der Waals surface area contributed by atoms with Gasteiger partial charge in [-0.1, -0.05) is 55.2 Å². The summed E-state index contributed by atoms with van der Waals surface area (Å²) >= 11 is 12.7. The molecule has 2 aromatic rings. The minimum absolute atomic E-state index is 0.0837. The summed E-state index contributed by atoms with van der Waals surface area (Å²) in [6.07, 6.45) is 1.68. The zero-order valence-corrected chi connectivity index (χ0v) is 20.7. The smallest absolute Gasteiger partial charge is 0.252 e. The quantitative estimate of drug-likeness (QED) is 0.549. The molecule has 2 aromatic carbocycles. The molecule has 0 radical (unpaired) electrons. The third-order valence-electron chi connectivity index (χ3n) is 5.86. The summed E-state index contributed by atoms with van der Waals surface area (Å²) in [6.45, 7) is 6.98. The molecule has 174 valence electrons. The first-order valence-electron chi connectivity index (χ1n) is 10.9. The van der Waals surface area contributed by atoms with Gasteiger partial charge in [0, 0.05) is 24.7 Å². The van der Waals surface area contributed by atoms with Crippen LogP contribution < -0.4 is 5.32 Å². The maximum atomic E-state index is 13.0. The molecule has 1 unspecified atom stereocenters. The molecule has 1 amide bonds. The highest BCUT2D eigenvalue weighted by atomic mass is 35.5. The van der Waals surface area contributed by atoms with Crippen LogP contribution in [0.4, 0.5) is 0 Å². The Labute approximate surface area is 200 Å². The van der Waals surface area contributed by atoms with Crippen molar-refractivity contribution in [3.8, 4) is 0 Å². The second-order valence-electron chi connectivity index (χ2n) is 7.72. The van der Waals surface area contributed by atoms with Gasteiger partial charge in [0.25, 0.3) is 5.91 Å². The van der Waals surface area contributed by atoms with Gasteiger partial charge in [-0.15, -0.1) is 0 Å². The van der Waals surface area contributed by atoms with Crippen molar-refractivity contribution >= 4 is 39.1 Å². The summed E-state index contributed by atoms with van der Waals surface area (Å²) in [5, 5.41) is 3.77. The van der Waals surface area contributed by atoms with Gasteiger partial charge in [0.2, 0.25) is 10.0 Å². The predicted molar refractivity (Wildman–Crippen MR) is 129 cm³/mol. The van der Waals surface area contributed by atoms with Gasteiger partial charge in [-0.3, -0.25) is 9.69 Å². The molecule has 0 aromatic heterocycles. The lowest BCUT2D eigenvalue weighted by Gasteiger charge is -2.31. The minimum Gasteiger partial charge on any atom is -0.350 e. The largest absolute Gasteiger partial charge is 0.350 e. The van der Waals surface area contributed by atoms with Crippen LogP contribution >= 0.6 is 23.2 Å². The molecule has 9 heteroatoms. The van der Waals surface area contributed by atoms with Crippen LogP contribution in [-0.2, 0) is 10.0 Å². The highest BCUT2D eigenvalue weighted by molar-refractivity contribution is 7.89. The van der Waals surface area contributed by atoms with Gasteiger partial charge >= 0.3 is 0 Å². The molecule has 0 bridgehead atoms. The van der Waals surface area contributed by atoms with Crippen molar-refractivity contribution in [1.29, 1.82) is 0 Å². The van der Waals surface area contributed by atoms with Crippen LogP contribution in [0.3, 0.4) is 0 Å². The summed E-state index contributed by atoms with van der Waals surface area (Å²) in [6, 6.07) is 11.7. The summed E-state index contributed by atoms with van der Waals surface area (Å²) in [5.74, 6) is -0.419. The molecule has 3 rings (SSSR count). The number of carbonyl (C=O) groups is 1. The fourth-order valence-electron chi connectivity index (χ4n) is 4.05. The van der Waals surface area contributed by atoms with Gasteiger partial charge in [-0.25, -0.2) is 8.42 Å². The van der Waals surface area contributed by atoms with Crippen LogP contribution in [0.1, 0.15) is 48.7 Å². The Morgan fingerprint density at radius 3 is 2.34 bits per heavy atom. The Bertz CT molecular complexity index is 1050. The molecule has 1 aliphatic heterocycles. The van der Waals surface area contributed by atoms with Crippen LogP contribution in [-0.4, -0.2) is 56.3 Å². The molecular formula is C23H29Cl2N3O3S. The SMILES string of the molecule is CCN(CC)C(CNC(=O)c1cc(S(=O)(=O)N2CCCC2)ccc1Cl)c1ccccc1Cl. The highest BCUT2D eigenvalue weighted by Crippen LogP contribution is 2.28. The normalized spacial score (nSPS) is 15.8. The van der Waals surface area contributed by atoms with Gasteiger partial charge in [0.05, 0.1) is 21.5 Å². The van der Waals surface area contributed by atoms with Crippen molar-refractivity contribution < 1.29 is 13.2 Å². The second-order valence-corrected chi connectivity index (χ2v) is 10.5. The van der Waals surface area contributed by atoms with E-state index in [1.807, 2.05) is 24.3 Å². The second kappa shape index (κ2) is 11.0. The van der Waals surface area contributed by atoms with E-state index in [9.17, 15) is 13.2 Å². The number of carbonyl (C=O) groups excluding carboxylic acids is 1. The molecule has 6 nitrogen and oxygen atoms in total. The van der Waals surface area contributed by atoms with Crippen LogP contribution in [0.5, 0.6) is 0 Å². The third kappa shape index (κ3) is 5.46. The average molecular weight is 498 g/mol. The van der Waals surface area contributed by atoms with Gasteiger partial charge < -0.3 is 5.32 Å². The van der Waals surface area contributed by atoms with Crippen molar-refractivity contribution in [3.05, 3.63) is 63.6 Å². The standard InChI is InChI=1S/C23H29Cl2N3O3S/c1-3-27(4-2)22(18-9-5-6-10-20(18)24)16-26-23(29)19-15-17(11-12-21(19)25)32(30,31)28-13-7-8-14-28/h5-6,9-12,15,22H,3-4,7-8,13-14,16H2,1-2H3,(H,26,29). The van der Waals surface area contributed by atoms with E-state index in [2.05, 4.69) is 24.1 Å². The third-order valence-corrected chi connectivity index (χ3v) is 8.43. The summed E-state index contributed by atoms with van der Waals surface area (Å²) in [7, 11) is -3.64. The van der Waals surface area contributed by atoms with Crippen LogP contribution in [0.2, 0.25) is 10.0 Å². The van der Waals surface area contributed by atoms with Crippen molar-refractivity contribution in [3.63, 3.8) is 0 Å². The lowest BCUT2D eigenvalue weighted by Crippen LogP contribution is -2.38. The van der Waals surface area contributed by atoms with Gasteiger partial charge in [-0.05, 0) is 55.8 Å². The summed E-state index contributed by atoms with van der Waals surface area (Å²) in [4.78, 5) is 15.3. The Morgan fingerprint density at radius 2 is 1.72 bits per heavy atom. The zero-order valence-electron chi connectivity index (χ0n) is 18.4. The molecule has 1 fully saturated rings. The molecule has 1 atom stereocenters. The van der Waals surface area contributed by atoms with E-state index in [-0.39, 0.29) is 21.5 Å². The number of likely N-dealkylation sites (N-methyl/N-ethyl adjacent to an activating group) is 1. The Kier molecular flexibility index (Phi) is 8.58. The van der Waals surface area contributed by atoms with E-state index in [1.54, 1.807) is 0 Å². The van der Waals surface area contributed by atoms with Crippen molar-refractivity contribution in [2.75, 3.05) is 32.7 Å². The molecule has 0 spiro atoms. The molecule has 0 saturated carbocycles. The Morgan fingerprint density at radius 1 is 1.06 bits per heavy atom. The average Bonchev–Trinajstić information content (AvgIpc) is 3.33. The fraction of sp³-hybridized carbons (Fsp3) is 0.435. The van der Waals surface area contributed by atoms with Crippen LogP contribution in [0, 0.1) is 0 Å². The van der Waals surface area contributed by atoms with E-state index in [1.165, 1.54) is 22.5 Å². The number of nitrogens with one attached hydrogen (secondary N) is 1. The van der Waals surface area contributed by atoms with Gasteiger partial charge in [-0.2, -0.15) is 4.31 Å². The first kappa shape index (κ1) is 25.0. The Balaban J connectivity index is 1.83. The van der Waals surface area contributed by atoms with Crippen molar-refractivity contribution in [1.82, 2.24) is 14.5 Å². The molecule has 1 aliphatic rings. The van der Waals surface area contributed by atoms with E-state index in [0.717, 1.165) is 31.5 Å². The summed E-state index contributed by atoms with van der Waals surface area (Å²) in [5.41, 5.74) is 1.07. The zero-order chi connectivity index (χ0) is 23.3. The maximum absolute atomic E-state index is 13.0. The molecule has 32 heavy (non-hydrogen) atoms. The number of rotatable bonds is 9. The lowest BCUT2D eigenvalue weighted by atomic mass is 10.0. The first-order chi connectivity index (χ1) is 15.3. The minimum atomic E-state index is -3.64. The number of hydrogen-bond donors (Lipinski definition) is 1. The predicted octanol–water partition coefficient (Wildman–Crippen LogP) is 4.59. The lowest BCUT2D eigenvalue weighted by molar-refractivity contribution is 0.0935. The number of benzene rings is 2. The van der Waals surface area contributed by atoms with E-state index < -0.39 is 15.9 Å². The number of nitrogens with zero attached hydrogens (tertiary/aromatic N) is 2. The van der Waals surface area contributed by atoms with E-state index in [4.69, 9.17) is 23.2 Å². The number of hydrogen-bond acceptors (Lipinski definition) is 4. The fourth-order valence-corrected chi connectivity index (χ4v) is 6.06. The van der Waals surface area contributed by atoms with Gasteiger partial charge in [0.1, 0.15) is 0 Å². The number of halogens is 2. The van der Waals surface area contributed by atoms with E-state index in [0.29, 0.717) is 24.7 Å². The Hall–Kier alpha value is -1.64. The summed E-state index contributed by atoms with van der Waals surface area (Å²) < 4.78 is 27.3. The topological polar surface area (TPSA) is 69.7 Å². The maximum Gasteiger partial charge on any atom is 0.252 e. The molecular weight excluding hydrogens is 469 g/mol. The van der Waals surface area contributed by atoms with Crippen LogP contribution in [0.25, 0.3) is 0 Å². The van der Waals surface area contributed by atoms with Crippen LogP contribution in [0.15, 0.2) is 47.4 Å². The van der Waals surface area contributed by atoms with Crippen molar-refractivity contribution in [2.45, 2.75) is 37.6 Å². The molecule has 1 N–H and O–H groups in total. The van der Waals surface area contributed by atoms with Crippen molar-refractivity contribution in [2.24, 2.45) is 0 Å². The van der Waals surface area contributed by atoms with Gasteiger partial charge in [0.15, 0.2) is 0 Å². The molecule has 1 heterocycles. The molecule has 0 aliphatic carbocycles. The number of sulfonamides is 1.